The van der Waals surface area contributed by atoms with Crippen LogP contribution in [0, 0.1) is 11.3 Å². The Labute approximate surface area is 110 Å². The minimum atomic E-state index is -0.420. The highest BCUT2D eigenvalue weighted by Gasteiger charge is 2.09. The highest BCUT2D eigenvalue weighted by molar-refractivity contribution is 6.32. The van der Waals surface area contributed by atoms with Gasteiger partial charge in [-0.25, -0.2) is 4.79 Å². The van der Waals surface area contributed by atoms with Gasteiger partial charge in [-0.2, -0.15) is 5.26 Å². The van der Waals surface area contributed by atoms with Crippen molar-refractivity contribution in [2.45, 2.75) is 19.4 Å². The van der Waals surface area contributed by atoms with Crippen LogP contribution in [-0.2, 0) is 0 Å². The number of halogens is 1. The molecule has 2 amide bonds. The number of aliphatic hydroxyl groups is 1. The Morgan fingerprint density at radius 3 is 2.83 bits per heavy atom. The van der Waals surface area contributed by atoms with Gasteiger partial charge in [0.25, 0.3) is 0 Å². The second-order valence-electron chi connectivity index (χ2n) is 3.69. The van der Waals surface area contributed by atoms with Crippen LogP contribution >= 0.6 is 11.6 Å². The number of nitrogens with one attached hydrogen (secondary N) is 2. The van der Waals surface area contributed by atoms with E-state index >= 15 is 0 Å². The second kappa shape index (κ2) is 6.84. The Balaban J connectivity index is 2.65. The monoisotopic (exact) mass is 267 g/mol. The van der Waals surface area contributed by atoms with E-state index in [2.05, 4.69) is 10.6 Å². The van der Waals surface area contributed by atoms with Gasteiger partial charge in [0.1, 0.15) is 6.07 Å². The molecule has 96 valence electrons. The standard InChI is InChI=1S/C12H14ClN3O2/c1-2-9(7-17)15-12(18)16-10-4-3-8(6-14)11(13)5-10/h3-5,9,17H,2,7H2,1H3,(H2,15,16,18). The van der Waals surface area contributed by atoms with Gasteiger partial charge < -0.3 is 15.7 Å². The summed E-state index contributed by atoms with van der Waals surface area (Å²) in [6, 6.07) is 5.85. The highest BCUT2D eigenvalue weighted by Crippen LogP contribution is 2.20. The number of nitrogens with zero attached hydrogens (tertiary/aromatic N) is 1. The van der Waals surface area contributed by atoms with E-state index in [-0.39, 0.29) is 17.7 Å². The molecule has 0 heterocycles. The van der Waals surface area contributed by atoms with Gasteiger partial charge in [-0.05, 0) is 24.6 Å². The first kappa shape index (κ1) is 14.3. The summed E-state index contributed by atoms with van der Waals surface area (Å²) in [6.45, 7) is 1.75. The fraction of sp³-hybridized carbons (Fsp3) is 0.333. The SMILES string of the molecule is CCC(CO)NC(=O)Nc1ccc(C#N)c(Cl)c1. The average Bonchev–Trinajstić information content (AvgIpc) is 2.36. The van der Waals surface area contributed by atoms with Crippen LogP contribution in [-0.4, -0.2) is 23.8 Å². The normalized spacial score (nSPS) is 11.4. The van der Waals surface area contributed by atoms with E-state index in [0.717, 1.165) is 0 Å². The van der Waals surface area contributed by atoms with Crippen molar-refractivity contribution in [2.24, 2.45) is 0 Å². The van der Waals surface area contributed by atoms with Gasteiger partial charge >= 0.3 is 6.03 Å². The highest BCUT2D eigenvalue weighted by atomic mass is 35.5. The smallest absolute Gasteiger partial charge is 0.319 e. The maximum Gasteiger partial charge on any atom is 0.319 e. The predicted molar refractivity (Wildman–Crippen MR) is 69.5 cm³/mol. The number of aliphatic hydroxyl groups excluding tert-OH is 1. The van der Waals surface area contributed by atoms with Gasteiger partial charge in [-0.3, -0.25) is 0 Å². The number of nitriles is 1. The predicted octanol–water partition coefficient (Wildman–Crippen LogP) is 2.10. The maximum absolute atomic E-state index is 11.6. The van der Waals surface area contributed by atoms with Gasteiger partial charge in [0, 0.05) is 5.69 Å². The Morgan fingerprint density at radius 1 is 1.61 bits per heavy atom. The number of benzene rings is 1. The summed E-state index contributed by atoms with van der Waals surface area (Å²) in [5.41, 5.74) is 0.841. The summed E-state index contributed by atoms with van der Waals surface area (Å²) >= 11 is 5.84. The number of rotatable bonds is 4. The Bertz CT molecular complexity index is 467. The molecule has 18 heavy (non-hydrogen) atoms. The molecule has 0 bridgehead atoms. The summed E-state index contributed by atoms with van der Waals surface area (Å²) in [7, 11) is 0. The number of urea groups is 1. The van der Waals surface area contributed by atoms with Gasteiger partial charge in [-0.1, -0.05) is 18.5 Å². The molecule has 1 aromatic rings. The van der Waals surface area contributed by atoms with Crippen LogP contribution < -0.4 is 10.6 Å². The number of hydrogen-bond acceptors (Lipinski definition) is 3. The number of carbonyl (C=O) groups is 1. The summed E-state index contributed by atoms with van der Waals surface area (Å²) < 4.78 is 0. The summed E-state index contributed by atoms with van der Waals surface area (Å²) in [5.74, 6) is 0. The van der Waals surface area contributed by atoms with E-state index in [0.29, 0.717) is 17.7 Å². The topological polar surface area (TPSA) is 85.2 Å². The molecule has 5 nitrogen and oxygen atoms in total. The van der Waals surface area contributed by atoms with E-state index in [9.17, 15) is 4.79 Å². The van der Waals surface area contributed by atoms with Gasteiger partial charge in [0.15, 0.2) is 0 Å². The molecule has 0 aliphatic carbocycles. The molecule has 1 atom stereocenters. The lowest BCUT2D eigenvalue weighted by atomic mass is 10.2. The third-order valence-electron chi connectivity index (χ3n) is 2.40. The lowest BCUT2D eigenvalue weighted by Gasteiger charge is -2.14. The first-order chi connectivity index (χ1) is 8.60. The molecule has 0 aliphatic heterocycles. The fourth-order valence-electron chi connectivity index (χ4n) is 1.31. The molecule has 3 N–H and O–H groups in total. The van der Waals surface area contributed by atoms with Gasteiger partial charge in [0.05, 0.1) is 23.2 Å². The summed E-state index contributed by atoms with van der Waals surface area (Å²) in [4.78, 5) is 11.6. The molecule has 1 aromatic carbocycles. The zero-order chi connectivity index (χ0) is 13.5. The average molecular weight is 268 g/mol. The van der Waals surface area contributed by atoms with Crippen molar-refractivity contribution in [1.29, 1.82) is 5.26 Å². The summed E-state index contributed by atoms with van der Waals surface area (Å²) in [6.07, 6.45) is 0.637. The lowest BCUT2D eigenvalue weighted by Crippen LogP contribution is -2.39. The minimum Gasteiger partial charge on any atom is -0.394 e. The zero-order valence-corrected chi connectivity index (χ0v) is 10.7. The van der Waals surface area contributed by atoms with Crippen molar-refractivity contribution in [3.8, 4) is 6.07 Å². The van der Waals surface area contributed by atoms with Gasteiger partial charge in [-0.15, -0.1) is 0 Å². The number of hydrogen-bond donors (Lipinski definition) is 3. The molecular weight excluding hydrogens is 254 g/mol. The van der Waals surface area contributed by atoms with Crippen LogP contribution in [0.4, 0.5) is 10.5 Å². The van der Waals surface area contributed by atoms with E-state index in [1.54, 1.807) is 6.07 Å². The Kier molecular flexibility index (Phi) is 5.43. The molecule has 0 aliphatic rings. The Morgan fingerprint density at radius 2 is 2.33 bits per heavy atom. The van der Waals surface area contributed by atoms with Crippen LogP contribution in [0.25, 0.3) is 0 Å². The molecule has 1 rings (SSSR count). The quantitative estimate of drug-likeness (QED) is 0.781. The molecule has 6 heteroatoms. The van der Waals surface area contributed by atoms with Crippen molar-refractivity contribution in [3.63, 3.8) is 0 Å². The lowest BCUT2D eigenvalue weighted by molar-refractivity contribution is 0.222. The number of anilines is 1. The van der Waals surface area contributed by atoms with E-state index in [1.165, 1.54) is 12.1 Å². The summed E-state index contributed by atoms with van der Waals surface area (Å²) in [5, 5.41) is 23.1. The fourth-order valence-corrected chi connectivity index (χ4v) is 1.54. The van der Waals surface area contributed by atoms with Crippen molar-refractivity contribution in [3.05, 3.63) is 28.8 Å². The van der Waals surface area contributed by atoms with Crippen LogP contribution in [0.15, 0.2) is 18.2 Å². The zero-order valence-electron chi connectivity index (χ0n) is 9.90. The number of amides is 2. The van der Waals surface area contributed by atoms with Crippen LogP contribution in [0.3, 0.4) is 0 Å². The first-order valence-electron chi connectivity index (χ1n) is 5.48. The Hall–Kier alpha value is -1.77. The molecule has 0 saturated carbocycles. The molecule has 1 unspecified atom stereocenters. The number of carbonyl (C=O) groups excluding carboxylic acids is 1. The van der Waals surface area contributed by atoms with Gasteiger partial charge in [0.2, 0.25) is 0 Å². The molecule has 0 spiro atoms. The molecular formula is C12H14ClN3O2. The van der Waals surface area contributed by atoms with Crippen molar-refractivity contribution in [2.75, 3.05) is 11.9 Å². The molecule has 0 radical (unpaired) electrons. The third-order valence-corrected chi connectivity index (χ3v) is 2.71. The third kappa shape index (κ3) is 3.91. The largest absolute Gasteiger partial charge is 0.394 e. The van der Waals surface area contributed by atoms with Crippen molar-refractivity contribution < 1.29 is 9.90 Å². The maximum atomic E-state index is 11.6. The van der Waals surface area contributed by atoms with E-state index in [4.69, 9.17) is 22.0 Å². The minimum absolute atomic E-state index is 0.113. The second-order valence-corrected chi connectivity index (χ2v) is 4.10. The van der Waals surface area contributed by atoms with E-state index < -0.39 is 6.03 Å². The molecule has 0 fully saturated rings. The molecule has 0 saturated heterocycles. The van der Waals surface area contributed by atoms with Crippen molar-refractivity contribution >= 4 is 23.3 Å². The molecule has 0 aromatic heterocycles. The van der Waals surface area contributed by atoms with Crippen LogP contribution in [0.1, 0.15) is 18.9 Å². The van der Waals surface area contributed by atoms with Crippen LogP contribution in [0.5, 0.6) is 0 Å². The van der Waals surface area contributed by atoms with Crippen molar-refractivity contribution in [1.82, 2.24) is 5.32 Å². The van der Waals surface area contributed by atoms with Crippen LogP contribution in [0.2, 0.25) is 5.02 Å². The van der Waals surface area contributed by atoms with E-state index in [1.807, 2.05) is 13.0 Å². The first-order valence-corrected chi connectivity index (χ1v) is 5.86.